The highest BCUT2D eigenvalue weighted by Gasteiger charge is 2.04. The minimum Gasteiger partial charge on any atom is -0.478 e. The highest BCUT2D eigenvalue weighted by Crippen LogP contribution is 2.14. The molecule has 18 heavy (non-hydrogen) atoms. The molecule has 0 spiro atoms. The number of aliphatic imine (C=N–C) groups is 1. The Morgan fingerprint density at radius 2 is 2.00 bits per heavy atom. The maximum atomic E-state index is 10.8. The zero-order valence-electron chi connectivity index (χ0n) is 9.71. The van der Waals surface area contributed by atoms with Gasteiger partial charge in [0.1, 0.15) is 0 Å². The fraction of sp³-hybridized carbons (Fsp3) is 0.0714. The summed E-state index contributed by atoms with van der Waals surface area (Å²) in [4.78, 5) is 18.8. The van der Waals surface area contributed by atoms with Crippen LogP contribution in [0, 0.1) is 0 Å². The maximum Gasteiger partial charge on any atom is 0.335 e. The fourth-order valence-electron chi connectivity index (χ4n) is 1.64. The van der Waals surface area contributed by atoms with Crippen molar-refractivity contribution in [2.24, 2.45) is 4.99 Å². The van der Waals surface area contributed by atoms with Gasteiger partial charge in [0.15, 0.2) is 0 Å². The molecule has 0 unspecified atom stereocenters. The van der Waals surface area contributed by atoms with Gasteiger partial charge in [-0.25, -0.2) is 4.79 Å². The Hall–Kier alpha value is -2.49. The predicted octanol–water partition coefficient (Wildman–Crippen LogP) is 2.70. The molecule has 1 aromatic carbocycles. The van der Waals surface area contributed by atoms with Crippen LogP contribution in [0.4, 0.5) is 5.69 Å². The van der Waals surface area contributed by atoms with Gasteiger partial charge >= 0.3 is 5.97 Å². The van der Waals surface area contributed by atoms with Crippen molar-refractivity contribution in [3.05, 3.63) is 59.4 Å². The van der Waals surface area contributed by atoms with Crippen molar-refractivity contribution in [1.82, 2.24) is 4.98 Å². The minimum absolute atomic E-state index is 0.254. The Bertz CT molecular complexity index is 577. The zero-order valence-corrected chi connectivity index (χ0v) is 9.71. The second kappa shape index (κ2) is 5.23. The summed E-state index contributed by atoms with van der Waals surface area (Å²) in [5.74, 6) is -0.940. The van der Waals surface area contributed by atoms with Gasteiger partial charge in [0.2, 0.25) is 0 Å². The Labute approximate surface area is 105 Å². The number of nitrogens with zero attached hydrogens (tertiary/aromatic N) is 2. The van der Waals surface area contributed by atoms with Crippen LogP contribution < -0.4 is 0 Å². The van der Waals surface area contributed by atoms with Crippen LogP contribution in [0.5, 0.6) is 0 Å². The van der Waals surface area contributed by atoms with Gasteiger partial charge in [-0.05, 0) is 36.5 Å². The molecule has 0 saturated carbocycles. The lowest BCUT2D eigenvalue weighted by molar-refractivity contribution is 0.0696. The molecule has 0 aliphatic heterocycles. The first-order valence-corrected chi connectivity index (χ1v) is 5.43. The van der Waals surface area contributed by atoms with Crippen molar-refractivity contribution in [2.75, 3.05) is 0 Å². The van der Waals surface area contributed by atoms with Crippen molar-refractivity contribution >= 4 is 18.4 Å². The average Bonchev–Trinajstić information content (AvgIpc) is 2.40. The maximum absolute atomic E-state index is 10.8. The summed E-state index contributed by atoms with van der Waals surface area (Å²) in [6.45, 7) is 3.45. The minimum atomic E-state index is -0.940. The number of hydrogen-bond acceptors (Lipinski definition) is 3. The van der Waals surface area contributed by atoms with E-state index in [9.17, 15) is 4.79 Å². The van der Waals surface area contributed by atoms with E-state index in [-0.39, 0.29) is 5.56 Å². The summed E-state index contributed by atoms with van der Waals surface area (Å²) >= 11 is 0. The van der Waals surface area contributed by atoms with Gasteiger partial charge in [0, 0.05) is 18.3 Å². The molecule has 1 aromatic heterocycles. The lowest BCUT2D eigenvalue weighted by Gasteiger charge is -2.03. The summed E-state index contributed by atoms with van der Waals surface area (Å²) in [6.07, 6.45) is 2.11. The summed E-state index contributed by atoms with van der Waals surface area (Å²) in [7, 11) is 0. The van der Waals surface area contributed by atoms with E-state index in [1.165, 1.54) is 12.3 Å². The molecule has 0 amide bonds. The molecule has 1 N–H and O–H groups in total. The topological polar surface area (TPSA) is 62.5 Å². The van der Waals surface area contributed by atoms with Crippen LogP contribution in [-0.2, 0) is 6.42 Å². The molecule has 0 saturated heterocycles. The molecule has 2 aromatic rings. The molecular formula is C14H12N2O2. The van der Waals surface area contributed by atoms with Gasteiger partial charge in [-0.2, -0.15) is 0 Å². The first kappa shape index (κ1) is 12.0. The monoisotopic (exact) mass is 240 g/mol. The predicted molar refractivity (Wildman–Crippen MR) is 69.7 cm³/mol. The highest BCUT2D eigenvalue weighted by atomic mass is 16.4. The summed E-state index contributed by atoms with van der Waals surface area (Å²) in [5.41, 5.74) is 2.85. The van der Waals surface area contributed by atoms with Crippen molar-refractivity contribution in [2.45, 2.75) is 6.42 Å². The third kappa shape index (κ3) is 2.79. The molecule has 2 rings (SSSR count). The first-order chi connectivity index (χ1) is 8.69. The number of carboxylic acids is 1. The summed E-state index contributed by atoms with van der Waals surface area (Å²) in [5, 5.41) is 8.90. The van der Waals surface area contributed by atoms with Crippen LogP contribution in [-0.4, -0.2) is 22.8 Å². The Balaban J connectivity index is 2.19. The van der Waals surface area contributed by atoms with E-state index in [1.54, 1.807) is 6.07 Å². The SMILES string of the molecule is C=Nc1ccc(Cc2cc(C(=O)O)ccn2)cc1. The van der Waals surface area contributed by atoms with Gasteiger partial charge in [0.25, 0.3) is 0 Å². The number of aromatic nitrogens is 1. The van der Waals surface area contributed by atoms with Crippen LogP contribution in [0.2, 0.25) is 0 Å². The van der Waals surface area contributed by atoms with Gasteiger partial charge in [-0.15, -0.1) is 0 Å². The number of aromatic carboxylic acids is 1. The molecule has 90 valence electrons. The van der Waals surface area contributed by atoms with Crippen LogP contribution in [0.15, 0.2) is 47.6 Å². The molecule has 0 radical (unpaired) electrons. The zero-order chi connectivity index (χ0) is 13.0. The van der Waals surface area contributed by atoms with Crippen LogP contribution in [0.1, 0.15) is 21.6 Å². The number of pyridine rings is 1. The average molecular weight is 240 g/mol. The Morgan fingerprint density at radius 1 is 1.28 bits per heavy atom. The molecule has 4 nitrogen and oxygen atoms in total. The number of carboxylic acid groups (broad SMARTS) is 1. The lowest BCUT2D eigenvalue weighted by atomic mass is 10.1. The third-order valence-corrected chi connectivity index (χ3v) is 2.57. The number of benzene rings is 1. The summed E-state index contributed by atoms with van der Waals surface area (Å²) in [6, 6.07) is 10.7. The van der Waals surface area contributed by atoms with E-state index >= 15 is 0 Å². The molecule has 0 aliphatic carbocycles. The molecule has 0 fully saturated rings. The second-order valence-electron chi connectivity index (χ2n) is 3.84. The normalized spacial score (nSPS) is 10.0. The van der Waals surface area contributed by atoms with Crippen LogP contribution in [0.3, 0.4) is 0 Å². The van der Waals surface area contributed by atoms with E-state index in [4.69, 9.17) is 5.11 Å². The molecule has 0 aliphatic rings. The number of hydrogen-bond donors (Lipinski definition) is 1. The van der Waals surface area contributed by atoms with E-state index < -0.39 is 5.97 Å². The van der Waals surface area contributed by atoms with Crippen molar-refractivity contribution < 1.29 is 9.90 Å². The third-order valence-electron chi connectivity index (χ3n) is 2.57. The smallest absolute Gasteiger partial charge is 0.335 e. The van der Waals surface area contributed by atoms with E-state index in [1.807, 2.05) is 24.3 Å². The highest BCUT2D eigenvalue weighted by molar-refractivity contribution is 5.87. The Kier molecular flexibility index (Phi) is 3.48. The molecular weight excluding hydrogens is 228 g/mol. The Morgan fingerprint density at radius 3 is 2.61 bits per heavy atom. The van der Waals surface area contributed by atoms with Gasteiger partial charge in [0.05, 0.1) is 11.3 Å². The van der Waals surface area contributed by atoms with E-state index in [0.29, 0.717) is 6.42 Å². The molecule has 1 heterocycles. The van der Waals surface area contributed by atoms with Gasteiger partial charge < -0.3 is 5.11 Å². The molecule has 4 heteroatoms. The number of rotatable bonds is 4. The first-order valence-electron chi connectivity index (χ1n) is 5.43. The van der Waals surface area contributed by atoms with Gasteiger partial charge in [-0.1, -0.05) is 12.1 Å². The standard InChI is InChI=1S/C14H12N2O2/c1-15-12-4-2-10(3-5-12)8-13-9-11(14(17)18)6-7-16-13/h2-7,9H,1,8H2,(H,17,18). The van der Waals surface area contributed by atoms with E-state index in [0.717, 1.165) is 16.9 Å². The molecule has 0 atom stereocenters. The van der Waals surface area contributed by atoms with Crippen LogP contribution >= 0.6 is 0 Å². The van der Waals surface area contributed by atoms with Crippen molar-refractivity contribution in [3.8, 4) is 0 Å². The van der Waals surface area contributed by atoms with Crippen molar-refractivity contribution in [3.63, 3.8) is 0 Å². The van der Waals surface area contributed by atoms with Crippen LogP contribution in [0.25, 0.3) is 0 Å². The largest absolute Gasteiger partial charge is 0.478 e. The fourth-order valence-corrected chi connectivity index (χ4v) is 1.64. The van der Waals surface area contributed by atoms with Gasteiger partial charge in [-0.3, -0.25) is 9.98 Å². The number of carbonyl (C=O) groups is 1. The van der Waals surface area contributed by atoms with E-state index in [2.05, 4.69) is 16.7 Å². The molecule has 0 bridgehead atoms. The lowest BCUT2D eigenvalue weighted by Crippen LogP contribution is -1.99. The van der Waals surface area contributed by atoms with Crippen molar-refractivity contribution in [1.29, 1.82) is 0 Å². The quantitative estimate of drug-likeness (QED) is 0.836. The second-order valence-corrected chi connectivity index (χ2v) is 3.84. The summed E-state index contributed by atoms with van der Waals surface area (Å²) < 4.78 is 0.